The molecule has 0 aromatic rings. The van der Waals surface area contributed by atoms with Gasteiger partial charge in [-0.25, -0.2) is 0 Å². The van der Waals surface area contributed by atoms with Crippen molar-refractivity contribution in [2.24, 2.45) is 17.8 Å². The minimum atomic E-state index is 0.0306. The van der Waals surface area contributed by atoms with E-state index in [4.69, 9.17) is 4.74 Å². The average Bonchev–Trinajstić information content (AvgIpc) is 2.70. The van der Waals surface area contributed by atoms with Crippen molar-refractivity contribution in [1.82, 2.24) is 10.2 Å². The number of carbonyl (C=O) groups is 1. The lowest BCUT2D eigenvalue weighted by molar-refractivity contribution is -0.136. The third-order valence-electron chi connectivity index (χ3n) is 5.23. The number of rotatable bonds is 4. The van der Waals surface area contributed by atoms with Crippen LogP contribution in [0.5, 0.6) is 0 Å². The topological polar surface area (TPSA) is 41.6 Å². The van der Waals surface area contributed by atoms with E-state index in [1.54, 1.807) is 0 Å². The summed E-state index contributed by atoms with van der Waals surface area (Å²) in [6.07, 6.45) is 3.87. The summed E-state index contributed by atoms with van der Waals surface area (Å²) in [6.45, 7) is 9.38. The monoisotopic (exact) mass is 282 g/mol. The maximum Gasteiger partial charge on any atom is 0.228 e. The number of hydrogen-bond acceptors (Lipinski definition) is 3. The van der Waals surface area contributed by atoms with Crippen molar-refractivity contribution in [1.29, 1.82) is 0 Å². The molecule has 0 saturated carbocycles. The summed E-state index contributed by atoms with van der Waals surface area (Å²) in [6, 6.07) is 0. The van der Waals surface area contributed by atoms with E-state index >= 15 is 0 Å². The summed E-state index contributed by atoms with van der Waals surface area (Å²) in [7, 11) is 1.95. The second kappa shape index (κ2) is 6.90. The van der Waals surface area contributed by atoms with Gasteiger partial charge < -0.3 is 15.0 Å². The molecule has 2 saturated heterocycles. The summed E-state index contributed by atoms with van der Waals surface area (Å²) < 4.78 is 5.80. The first kappa shape index (κ1) is 15.8. The summed E-state index contributed by atoms with van der Waals surface area (Å²) in [5.41, 5.74) is 0. The van der Waals surface area contributed by atoms with E-state index in [-0.39, 0.29) is 24.0 Å². The number of ether oxygens (including phenoxy) is 1. The molecule has 4 unspecified atom stereocenters. The van der Waals surface area contributed by atoms with Crippen molar-refractivity contribution in [2.75, 3.05) is 26.7 Å². The molecule has 2 aliphatic heterocycles. The first-order chi connectivity index (χ1) is 9.50. The van der Waals surface area contributed by atoms with Crippen molar-refractivity contribution < 1.29 is 9.53 Å². The minimum Gasteiger partial charge on any atom is -0.374 e. The third kappa shape index (κ3) is 3.53. The Morgan fingerprint density at radius 2 is 1.85 bits per heavy atom. The van der Waals surface area contributed by atoms with Crippen LogP contribution in [0.4, 0.5) is 0 Å². The van der Waals surface area contributed by atoms with E-state index in [1.807, 2.05) is 18.9 Å². The predicted molar refractivity (Wildman–Crippen MR) is 80.5 cm³/mol. The molecule has 0 radical (unpaired) electrons. The van der Waals surface area contributed by atoms with Gasteiger partial charge in [0.25, 0.3) is 0 Å². The molecule has 1 amide bonds. The number of nitrogens with zero attached hydrogens (tertiary/aromatic N) is 1. The number of amides is 1. The Balaban J connectivity index is 1.82. The quantitative estimate of drug-likeness (QED) is 0.856. The van der Waals surface area contributed by atoms with E-state index < -0.39 is 0 Å². The highest BCUT2D eigenvalue weighted by atomic mass is 16.5. The fourth-order valence-corrected chi connectivity index (χ4v) is 3.60. The molecule has 2 aliphatic rings. The number of carbonyl (C=O) groups excluding carboxylic acids is 1. The highest BCUT2D eigenvalue weighted by molar-refractivity contribution is 5.79. The Labute approximate surface area is 123 Å². The molecule has 0 spiro atoms. The zero-order valence-corrected chi connectivity index (χ0v) is 13.4. The highest BCUT2D eigenvalue weighted by Crippen LogP contribution is 2.33. The van der Waals surface area contributed by atoms with Crippen molar-refractivity contribution in [2.45, 2.75) is 52.2 Å². The highest BCUT2D eigenvalue weighted by Gasteiger charge is 2.42. The van der Waals surface area contributed by atoms with Crippen LogP contribution in [0.3, 0.4) is 0 Å². The zero-order chi connectivity index (χ0) is 14.7. The van der Waals surface area contributed by atoms with Crippen LogP contribution in [0.1, 0.15) is 40.0 Å². The molecule has 0 aromatic heterocycles. The molecule has 4 atom stereocenters. The van der Waals surface area contributed by atoms with Gasteiger partial charge in [0.1, 0.15) is 0 Å². The molecular formula is C16H30N2O2. The molecule has 0 aliphatic carbocycles. The lowest BCUT2D eigenvalue weighted by atomic mass is 9.88. The molecular weight excluding hydrogens is 252 g/mol. The summed E-state index contributed by atoms with van der Waals surface area (Å²) in [4.78, 5) is 14.5. The van der Waals surface area contributed by atoms with E-state index in [0.29, 0.717) is 5.92 Å². The normalized spacial score (nSPS) is 35.2. The van der Waals surface area contributed by atoms with E-state index in [2.05, 4.69) is 19.2 Å². The maximum atomic E-state index is 12.6. The van der Waals surface area contributed by atoms with Crippen LogP contribution in [0.25, 0.3) is 0 Å². The van der Waals surface area contributed by atoms with E-state index in [0.717, 1.165) is 32.0 Å². The SMILES string of the molecule is CC1OC(C)C(C(=O)N(C)CCC2CCNCC2)C1C. The lowest BCUT2D eigenvalue weighted by Gasteiger charge is -2.28. The number of nitrogens with one attached hydrogen (secondary N) is 1. The average molecular weight is 282 g/mol. The van der Waals surface area contributed by atoms with Gasteiger partial charge in [0.2, 0.25) is 5.91 Å². The van der Waals surface area contributed by atoms with Gasteiger partial charge in [-0.15, -0.1) is 0 Å². The summed E-state index contributed by atoms with van der Waals surface area (Å²) in [5, 5.41) is 3.39. The fraction of sp³-hybridized carbons (Fsp3) is 0.938. The van der Waals surface area contributed by atoms with Gasteiger partial charge in [0.05, 0.1) is 18.1 Å². The first-order valence-corrected chi connectivity index (χ1v) is 8.12. The maximum absolute atomic E-state index is 12.6. The molecule has 0 aromatic carbocycles. The van der Waals surface area contributed by atoms with Crippen LogP contribution >= 0.6 is 0 Å². The van der Waals surface area contributed by atoms with E-state index in [1.165, 1.54) is 12.8 Å². The summed E-state index contributed by atoms with van der Waals surface area (Å²) >= 11 is 0. The van der Waals surface area contributed by atoms with E-state index in [9.17, 15) is 4.79 Å². The second-order valence-electron chi connectivity index (χ2n) is 6.67. The van der Waals surface area contributed by atoms with Crippen molar-refractivity contribution in [3.8, 4) is 0 Å². The molecule has 2 fully saturated rings. The molecule has 2 heterocycles. The van der Waals surface area contributed by atoms with Crippen LogP contribution in [-0.2, 0) is 9.53 Å². The molecule has 20 heavy (non-hydrogen) atoms. The fourth-order valence-electron chi connectivity index (χ4n) is 3.60. The molecule has 4 nitrogen and oxygen atoms in total. The van der Waals surface area contributed by atoms with Crippen LogP contribution in [0.15, 0.2) is 0 Å². The van der Waals surface area contributed by atoms with Gasteiger partial charge in [-0.2, -0.15) is 0 Å². The zero-order valence-electron chi connectivity index (χ0n) is 13.4. The van der Waals surface area contributed by atoms with Crippen LogP contribution in [0.2, 0.25) is 0 Å². The summed E-state index contributed by atoms with van der Waals surface area (Å²) in [5.74, 6) is 1.39. The largest absolute Gasteiger partial charge is 0.374 e. The van der Waals surface area contributed by atoms with Crippen LogP contribution in [0, 0.1) is 17.8 Å². The van der Waals surface area contributed by atoms with Gasteiger partial charge >= 0.3 is 0 Å². The first-order valence-electron chi connectivity index (χ1n) is 8.12. The van der Waals surface area contributed by atoms with Gasteiger partial charge in [0.15, 0.2) is 0 Å². The van der Waals surface area contributed by atoms with Gasteiger partial charge in [-0.1, -0.05) is 6.92 Å². The van der Waals surface area contributed by atoms with Crippen molar-refractivity contribution >= 4 is 5.91 Å². The van der Waals surface area contributed by atoms with Gasteiger partial charge in [-0.05, 0) is 58.0 Å². The Bertz CT molecular complexity index is 328. The molecule has 2 rings (SSSR count). The number of piperidine rings is 1. The Morgan fingerprint density at radius 3 is 2.40 bits per heavy atom. The van der Waals surface area contributed by atoms with Crippen molar-refractivity contribution in [3.63, 3.8) is 0 Å². The molecule has 0 bridgehead atoms. The Hall–Kier alpha value is -0.610. The van der Waals surface area contributed by atoms with Crippen LogP contribution < -0.4 is 5.32 Å². The van der Waals surface area contributed by atoms with Gasteiger partial charge in [-0.3, -0.25) is 4.79 Å². The standard InChI is InChI=1S/C16H30N2O2/c1-11-12(2)20-13(3)15(11)16(19)18(4)10-7-14-5-8-17-9-6-14/h11-15,17H,5-10H2,1-4H3. The number of hydrogen-bond donors (Lipinski definition) is 1. The smallest absolute Gasteiger partial charge is 0.228 e. The second-order valence-corrected chi connectivity index (χ2v) is 6.67. The lowest BCUT2D eigenvalue weighted by Crippen LogP contribution is -2.40. The Kier molecular flexibility index (Phi) is 5.44. The molecule has 4 heteroatoms. The van der Waals surface area contributed by atoms with Crippen molar-refractivity contribution in [3.05, 3.63) is 0 Å². The van der Waals surface area contributed by atoms with Gasteiger partial charge in [0, 0.05) is 13.6 Å². The van der Waals surface area contributed by atoms with Crippen LogP contribution in [-0.4, -0.2) is 49.7 Å². The third-order valence-corrected chi connectivity index (χ3v) is 5.23. The molecule has 1 N–H and O–H groups in total. The predicted octanol–water partition coefficient (Wildman–Crippen LogP) is 1.89. The molecule has 116 valence electrons. The Morgan fingerprint density at radius 1 is 1.20 bits per heavy atom. The minimum absolute atomic E-state index is 0.0306.